The van der Waals surface area contributed by atoms with Crippen LogP contribution in [0.25, 0.3) is 16.6 Å². The van der Waals surface area contributed by atoms with Gasteiger partial charge >= 0.3 is 0 Å². The average Bonchev–Trinajstić information content (AvgIpc) is 3.11. The fourth-order valence-electron chi connectivity index (χ4n) is 3.65. The SMILES string of the molecule is COc1ccc(CCNC(=O)Cc2c(C)nc3c4c(F)cccc4nn3c2C)cc1. The van der Waals surface area contributed by atoms with Crippen molar-refractivity contribution < 1.29 is 13.9 Å². The van der Waals surface area contributed by atoms with Gasteiger partial charge in [0.2, 0.25) is 5.91 Å². The third kappa shape index (κ3) is 3.70. The summed E-state index contributed by atoms with van der Waals surface area (Å²) in [6.45, 7) is 4.26. The lowest BCUT2D eigenvalue weighted by Gasteiger charge is -2.11. The Bertz CT molecular complexity index is 1230. The van der Waals surface area contributed by atoms with Gasteiger partial charge in [0.1, 0.15) is 11.6 Å². The highest BCUT2D eigenvalue weighted by Crippen LogP contribution is 2.24. The van der Waals surface area contributed by atoms with Gasteiger partial charge in [0.15, 0.2) is 5.65 Å². The first-order chi connectivity index (χ1) is 14.5. The quantitative estimate of drug-likeness (QED) is 0.532. The number of hydrogen-bond donors (Lipinski definition) is 1. The molecule has 4 rings (SSSR count). The zero-order valence-electron chi connectivity index (χ0n) is 17.2. The molecule has 1 amide bonds. The number of nitrogens with one attached hydrogen (secondary N) is 1. The first kappa shape index (κ1) is 19.8. The second-order valence-electron chi connectivity index (χ2n) is 7.26. The van der Waals surface area contributed by atoms with E-state index in [0.717, 1.165) is 29.0 Å². The monoisotopic (exact) mass is 406 g/mol. The normalized spacial score (nSPS) is 11.2. The van der Waals surface area contributed by atoms with Gasteiger partial charge in [-0.3, -0.25) is 4.79 Å². The molecular formula is C23H23FN4O2. The van der Waals surface area contributed by atoms with Crippen molar-refractivity contribution in [3.63, 3.8) is 0 Å². The summed E-state index contributed by atoms with van der Waals surface area (Å²) >= 11 is 0. The van der Waals surface area contributed by atoms with Gasteiger partial charge in [-0.2, -0.15) is 5.10 Å². The van der Waals surface area contributed by atoms with Gasteiger partial charge in [-0.05, 0) is 50.1 Å². The number of rotatable bonds is 6. The van der Waals surface area contributed by atoms with Crippen LogP contribution in [0.3, 0.4) is 0 Å². The first-order valence-corrected chi connectivity index (χ1v) is 9.80. The number of benzene rings is 2. The van der Waals surface area contributed by atoms with Crippen LogP contribution >= 0.6 is 0 Å². The number of halogens is 1. The molecule has 7 heteroatoms. The molecule has 0 aliphatic carbocycles. The Labute approximate surface area is 173 Å². The van der Waals surface area contributed by atoms with E-state index in [1.165, 1.54) is 6.07 Å². The summed E-state index contributed by atoms with van der Waals surface area (Å²) in [5, 5.41) is 7.83. The average molecular weight is 406 g/mol. The maximum Gasteiger partial charge on any atom is 0.224 e. The highest BCUT2D eigenvalue weighted by molar-refractivity contribution is 5.93. The standard InChI is InChI=1S/C23H23FN4O2/c1-14-18(13-21(29)25-12-11-16-7-9-17(30-3)10-8-16)15(2)28-23(26-14)22-19(24)5-4-6-20(22)27-28/h4-10H,11-13H2,1-3H3,(H,25,29). The molecular weight excluding hydrogens is 383 g/mol. The molecule has 2 aromatic carbocycles. The Hall–Kier alpha value is -3.48. The lowest BCUT2D eigenvalue weighted by molar-refractivity contribution is -0.120. The van der Waals surface area contributed by atoms with Crippen LogP contribution in [-0.2, 0) is 17.6 Å². The number of amides is 1. The fraction of sp³-hybridized carbons (Fsp3) is 0.261. The summed E-state index contributed by atoms with van der Waals surface area (Å²) in [6.07, 6.45) is 0.927. The van der Waals surface area contributed by atoms with E-state index in [1.54, 1.807) is 23.8 Å². The van der Waals surface area contributed by atoms with Crippen LogP contribution in [0.4, 0.5) is 4.39 Å². The number of methoxy groups -OCH3 is 1. The molecule has 0 atom stereocenters. The molecule has 0 aliphatic heterocycles. The topological polar surface area (TPSA) is 68.5 Å². The molecule has 1 N–H and O–H groups in total. The molecule has 0 unspecified atom stereocenters. The van der Waals surface area contributed by atoms with E-state index in [2.05, 4.69) is 15.4 Å². The van der Waals surface area contributed by atoms with E-state index in [0.29, 0.717) is 28.8 Å². The molecule has 0 radical (unpaired) electrons. The zero-order valence-corrected chi connectivity index (χ0v) is 17.2. The Balaban J connectivity index is 1.49. The fourth-order valence-corrected chi connectivity index (χ4v) is 3.65. The number of aromatic nitrogens is 3. The number of ether oxygens (including phenoxy) is 1. The van der Waals surface area contributed by atoms with Crippen molar-refractivity contribution >= 4 is 22.5 Å². The highest BCUT2D eigenvalue weighted by atomic mass is 19.1. The minimum atomic E-state index is -0.349. The lowest BCUT2D eigenvalue weighted by atomic mass is 10.1. The highest BCUT2D eigenvalue weighted by Gasteiger charge is 2.18. The zero-order chi connectivity index (χ0) is 21.3. The molecule has 154 valence electrons. The van der Waals surface area contributed by atoms with Crippen molar-refractivity contribution in [2.75, 3.05) is 13.7 Å². The van der Waals surface area contributed by atoms with Crippen molar-refractivity contribution in [3.05, 3.63) is 70.8 Å². The molecule has 0 aliphatic rings. The molecule has 2 heterocycles. The van der Waals surface area contributed by atoms with Crippen LogP contribution in [0.5, 0.6) is 5.75 Å². The van der Waals surface area contributed by atoms with E-state index in [9.17, 15) is 9.18 Å². The van der Waals surface area contributed by atoms with Crippen molar-refractivity contribution in [1.29, 1.82) is 0 Å². The Morgan fingerprint density at radius 2 is 1.93 bits per heavy atom. The maximum atomic E-state index is 14.3. The lowest BCUT2D eigenvalue weighted by Crippen LogP contribution is -2.28. The van der Waals surface area contributed by atoms with Crippen molar-refractivity contribution in [2.24, 2.45) is 0 Å². The third-order valence-electron chi connectivity index (χ3n) is 5.32. The third-order valence-corrected chi connectivity index (χ3v) is 5.32. The number of hydrogen-bond acceptors (Lipinski definition) is 4. The van der Waals surface area contributed by atoms with Crippen molar-refractivity contribution in [2.45, 2.75) is 26.7 Å². The van der Waals surface area contributed by atoms with Gasteiger partial charge in [-0.25, -0.2) is 13.9 Å². The van der Waals surface area contributed by atoms with Gasteiger partial charge in [-0.1, -0.05) is 18.2 Å². The number of carbonyl (C=O) groups excluding carboxylic acids is 1. The smallest absolute Gasteiger partial charge is 0.224 e. The molecule has 0 fully saturated rings. The summed E-state index contributed by atoms with van der Waals surface area (Å²) in [6, 6.07) is 12.6. The minimum absolute atomic E-state index is 0.0845. The first-order valence-electron chi connectivity index (χ1n) is 9.80. The van der Waals surface area contributed by atoms with Crippen molar-refractivity contribution in [1.82, 2.24) is 19.9 Å². The molecule has 0 saturated heterocycles. The molecule has 2 aromatic heterocycles. The van der Waals surface area contributed by atoms with Gasteiger partial charge in [0.05, 0.1) is 24.4 Å². The number of carbonyl (C=O) groups is 1. The molecule has 0 bridgehead atoms. The van der Waals surface area contributed by atoms with E-state index >= 15 is 0 Å². The molecule has 6 nitrogen and oxygen atoms in total. The molecule has 0 spiro atoms. The van der Waals surface area contributed by atoms with E-state index in [1.807, 2.05) is 38.1 Å². The Kier molecular flexibility index (Phi) is 5.35. The molecule has 4 aromatic rings. The van der Waals surface area contributed by atoms with E-state index < -0.39 is 0 Å². The van der Waals surface area contributed by atoms with Crippen LogP contribution in [0.1, 0.15) is 22.5 Å². The number of fused-ring (bicyclic) bond motifs is 3. The largest absolute Gasteiger partial charge is 0.497 e. The van der Waals surface area contributed by atoms with Crippen molar-refractivity contribution in [3.8, 4) is 5.75 Å². The summed E-state index contributed by atoms with van der Waals surface area (Å²) in [5.74, 6) is 0.374. The Morgan fingerprint density at radius 1 is 1.17 bits per heavy atom. The van der Waals surface area contributed by atoms with Crippen LogP contribution in [0.2, 0.25) is 0 Å². The second kappa shape index (κ2) is 8.10. The van der Waals surface area contributed by atoms with Crippen LogP contribution in [0.15, 0.2) is 42.5 Å². The summed E-state index contributed by atoms with van der Waals surface area (Å²) in [7, 11) is 1.63. The van der Waals surface area contributed by atoms with Gasteiger partial charge < -0.3 is 10.1 Å². The van der Waals surface area contributed by atoms with E-state index in [4.69, 9.17) is 4.74 Å². The predicted octanol–water partition coefficient (Wildman–Crippen LogP) is 3.55. The Morgan fingerprint density at radius 3 is 2.67 bits per heavy atom. The van der Waals surface area contributed by atoms with Crippen LogP contribution < -0.4 is 10.1 Å². The molecule has 30 heavy (non-hydrogen) atoms. The molecule has 0 saturated carbocycles. The maximum absolute atomic E-state index is 14.3. The van der Waals surface area contributed by atoms with Crippen LogP contribution in [0, 0.1) is 19.7 Å². The van der Waals surface area contributed by atoms with E-state index in [-0.39, 0.29) is 18.1 Å². The van der Waals surface area contributed by atoms with Gasteiger partial charge in [0.25, 0.3) is 0 Å². The second-order valence-corrected chi connectivity index (χ2v) is 7.26. The van der Waals surface area contributed by atoms with Gasteiger partial charge in [0, 0.05) is 23.5 Å². The van der Waals surface area contributed by atoms with Gasteiger partial charge in [-0.15, -0.1) is 0 Å². The number of nitrogens with zero attached hydrogens (tertiary/aromatic N) is 3. The van der Waals surface area contributed by atoms with Crippen LogP contribution in [-0.4, -0.2) is 34.2 Å². The predicted molar refractivity (Wildman–Crippen MR) is 113 cm³/mol. The summed E-state index contributed by atoms with van der Waals surface area (Å²) < 4.78 is 21.1. The minimum Gasteiger partial charge on any atom is -0.497 e. The summed E-state index contributed by atoms with van der Waals surface area (Å²) in [4.78, 5) is 17.1. The number of aryl methyl sites for hydroxylation is 2. The summed E-state index contributed by atoms with van der Waals surface area (Å²) in [5.41, 5.74) is 4.44.